The Labute approximate surface area is 343 Å². The van der Waals surface area contributed by atoms with Crippen molar-refractivity contribution in [2.24, 2.45) is 0 Å². The highest BCUT2D eigenvalue weighted by Crippen LogP contribution is 2.25. The molecule has 1 heterocycles. The van der Waals surface area contributed by atoms with Crippen molar-refractivity contribution in [2.45, 2.75) is 90.1 Å². The maximum absolute atomic E-state index is 13.9. The van der Waals surface area contributed by atoms with Gasteiger partial charge in [0.05, 0.1) is 13.0 Å². The van der Waals surface area contributed by atoms with Gasteiger partial charge in [-0.1, -0.05) is 102 Å². The van der Waals surface area contributed by atoms with Gasteiger partial charge in [0, 0.05) is 55.6 Å². The third kappa shape index (κ3) is 14.1. The molecular weight excluding hydrogens is 733 g/mol. The summed E-state index contributed by atoms with van der Waals surface area (Å²) in [6, 6.07) is 20.0. The van der Waals surface area contributed by atoms with E-state index in [4.69, 9.17) is 4.74 Å². The van der Waals surface area contributed by atoms with Crippen molar-refractivity contribution in [3.05, 3.63) is 102 Å². The standard InChI is InChI=1S/C46H60N6O6/c1-8-9-10-11-12-27-58-38-23-19-33(20-24-38)36-30-47-42(48-31-36)34-15-13-32(14-16-34)28-39(49-43(55)35-17-21-37(22-18-35)46(2,3)4)44(56)50-40(29-41(53)54)45(57)52(7)26-25-51(5)6/h13-24,30-31,39-40H,8-12,25-29H2,1-7H3,(H,49,55)(H,50,56)(H,53,54)/t39-,40-/m0/s1. The number of amides is 3. The topological polar surface area (TPSA) is 154 Å². The predicted molar refractivity (Wildman–Crippen MR) is 228 cm³/mol. The number of hydrogen-bond donors (Lipinski definition) is 3. The van der Waals surface area contributed by atoms with Crippen LogP contribution in [0.4, 0.5) is 0 Å². The van der Waals surface area contributed by atoms with E-state index in [1.165, 1.54) is 30.6 Å². The van der Waals surface area contributed by atoms with Gasteiger partial charge < -0.3 is 30.3 Å². The van der Waals surface area contributed by atoms with E-state index < -0.39 is 42.2 Å². The van der Waals surface area contributed by atoms with E-state index in [9.17, 15) is 24.3 Å². The first-order valence-electron chi connectivity index (χ1n) is 20.1. The summed E-state index contributed by atoms with van der Waals surface area (Å²) < 4.78 is 5.90. The smallest absolute Gasteiger partial charge is 0.305 e. The molecule has 0 bridgehead atoms. The van der Waals surface area contributed by atoms with Crippen molar-refractivity contribution in [1.82, 2.24) is 30.4 Å². The fraction of sp³-hybridized carbons (Fsp3) is 0.435. The highest BCUT2D eigenvalue weighted by molar-refractivity contribution is 5.99. The second kappa shape index (κ2) is 21.8. The van der Waals surface area contributed by atoms with E-state index in [1.54, 1.807) is 31.6 Å². The average molecular weight is 793 g/mol. The first-order valence-corrected chi connectivity index (χ1v) is 20.1. The van der Waals surface area contributed by atoms with Gasteiger partial charge in [0.2, 0.25) is 11.8 Å². The third-order valence-corrected chi connectivity index (χ3v) is 9.90. The van der Waals surface area contributed by atoms with Crippen LogP contribution >= 0.6 is 0 Å². The van der Waals surface area contributed by atoms with E-state index in [1.807, 2.05) is 79.7 Å². The zero-order chi connectivity index (χ0) is 42.2. The summed E-state index contributed by atoms with van der Waals surface area (Å²) in [5.41, 5.74) is 4.62. The second-order valence-corrected chi connectivity index (χ2v) is 16.1. The number of unbranched alkanes of at least 4 members (excludes halogenated alkanes) is 4. The number of nitrogens with zero attached hydrogens (tertiary/aromatic N) is 4. The van der Waals surface area contributed by atoms with Crippen LogP contribution in [0.3, 0.4) is 0 Å². The summed E-state index contributed by atoms with van der Waals surface area (Å²) >= 11 is 0. The average Bonchev–Trinajstić information content (AvgIpc) is 3.20. The van der Waals surface area contributed by atoms with Crippen LogP contribution < -0.4 is 15.4 Å². The molecule has 0 fully saturated rings. The molecule has 0 aliphatic rings. The summed E-state index contributed by atoms with van der Waals surface area (Å²) in [5.74, 6) is -1.57. The molecule has 3 aromatic carbocycles. The van der Waals surface area contributed by atoms with E-state index in [0.717, 1.165) is 40.0 Å². The summed E-state index contributed by atoms with van der Waals surface area (Å²) in [6.45, 7) is 10.0. The Morgan fingerprint density at radius 2 is 1.36 bits per heavy atom. The Kier molecular flexibility index (Phi) is 16.9. The molecule has 310 valence electrons. The molecule has 0 saturated heterocycles. The molecular formula is C46H60N6O6. The molecule has 12 heteroatoms. The van der Waals surface area contributed by atoms with Gasteiger partial charge >= 0.3 is 5.97 Å². The lowest BCUT2D eigenvalue weighted by molar-refractivity contribution is -0.143. The van der Waals surface area contributed by atoms with E-state index >= 15 is 0 Å². The summed E-state index contributed by atoms with van der Waals surface area (Å²) in [5, 5.41) is 15.1. The van der Waals surface area contributed by atoms with Crippen molar-refractivity contribution < 1.29 is 29.0 Å². The molecule has 3 N–H and O–H groups in total. The maximum atomic E-state index is 13.9. The van der Waals surface area contributed by atoms with Gasteiger partial charge in [0.25, 0.3) is 5.91 Å². The minimum atomic E-state index is -1.33. The molecule has 58 heavy (non-hydrogen) atoms. The number of carboxylic acid groups (broad SMARTS) is 1. The number of nitrogens with one attached hydrogen (secondary N) is 2. The largest absolute Gasteiger partial charge is 0.494 e. The molecule has 0 radical (unpaired) electrons. The van der Waals surface area contributed by atoms with Crippen LogP contribution in [0.15, 0.2) is 85.2 Å². The highest BCUT2D eigenvalue weighted by atomic mass is 16.5. The lowest BCUT2D eigenvalue weighted by Crippen LogP contribution is -2.55. The van der Waals surface area contributed by atoms with Crippen molar-refractivity contribution in [3.8, 4) is 28.3 Å². The van der Waals surface area contributed by atoms with Crippen LogP contribution in [0.25, 0.3) is 22.5 Å². The van der Waals surface area contributed by atoms with Gasteiger partial charge in [-0.15, -0.1) is 0 Å². The number of hydrogen-bond acceptors (Lipinski definition) is 8. The van der Waals surface area contributed by atoms with Gasteiger partial charge in [0.15, 0.2) is 5.82 Å². The van der Waals surface area contributed by atoms with Gasteiger partial charge in [-0.3, -0.25) is 19.2 Å². The highest BCUT2D eigenvalue weighted by Gasteiger charge is 2.31. The zero-order valence-corrected chi connectivity index (χ0v) is 35.1. The lowest BCUT2D eigenvalue weighted by Gasteiger charge is -2.27. The van der Waals surface area contributed by atoms with Crippen molar-refractivity contribution in [2.75, 3.05) is 40.8 Å². The molecule has 0 unspecified atom stereocenters. The Hall–Kier alpha value is -5.62. The lowest BCUT2D eigenvalue weighted by atomic mass is 9.86. The maximum Gasteiger partial charge on any atom is 0.305 e. The summed E-state index contributed by atoms with van der Waals surface area (Å²) in [7, 11) is 5.29. The van der Waals surface area contributed by atoms with E-state index in [0.29, 0.717) is 31.1 Å². The molecule has 4 rings (SSSR count). The third-order valence-electron chi connectivity index (χ3n) is 9.90. The molecule has 12 nitrogen and oxygen atoms in total. The number of carbonyl (C=O) groups excluding carboxylic acids is 3. The van der Waals surface area contributed by atoms with Crippen molar-refractivity contribution in [1.29, 1.82) is 0 Å². The molecule has 3 amide bonds. The van der Waals surface area contributed by atoms with Gasteiger partial charge in [-0.2, -0.15) is 0 Å². The molecule has 4 aromatic rings. The molecule has 2 atom stereocenters. The van der Waals surface area contributed by atoms with Gasteiger partial charge in [0.1, 0.15) is 17.8 Å². The summed E-state index contributed by atoms with van der Waals surface area (Å²) in [4.78, 5) is 65.1. The fourth-order valence-electron chi connectivity index (χ4n) is 6.24. The van der Waals surface area contributed by atoms with Gasteiger partial charge in [-0.25, -0.2) is 9.97 Å². The molecule has 0 aliphatic heterocycles. The Balaban J connectivity index is 1.48. The second-order valence-electron chi connectivity index (χ2n) is 16.1. The summed E-state index contributed by atoms with van der Waals surface area (Å²) in [6.07, 6.45) is 8.95. The van der Waals surface area contributed by atoms with Gasteiger partial charge in [-0.05, 0) is 66.9 Å². The monoisotopic (exact) mass is 792 g/mol. The van der Waals surface area contributed by atoms with E-state index in [2.05, 4.69) is 48.3 Å². The van der Waals surface area contributed by atoms with Crippen LogP contribution in [-0.2, 0) is 26.2 Å². The van der Waals surface area contributed by atoms with Crippen LogP contribution in [0.1, 0.15) is 87.7 Å². The minimum absolute atomic E-state index is 0.0702. The molecule has 0 aliphatic carbocycles. The number of likely N-dealkylation sites (N-methyl/N-ethyl adjacent to an activating group) is 2. The number of aliphatic carboxylic acids is 1. The number of rotatable bonds is 21. The van der Waals surface area contributed by atoms with Crippen molar-refractivity contribution >= 4 is 23.7 Å². The van der Waals surface area contributed by atoms with Crippen molar-refractivity contribution in [3.63, 3.8) is 0 Å². The molecule has 0 spiro atoms. The number of carboxylic acids is 1. The normalized spacial score (nSPS) is 12.4. The minimum Gasteiger partial charge on any atom is -0.494 e. The van der Waals surface area contributed by atoms with E-state index in [-0.39, 0.29) is 11.8 Å². The number of carbonyl (C=O) groups is 4. The zero-order valence-electron chi connectivity index (χ0n) is 35.1. The van der Waals surface area contributed by atoms with Crippen LogP contribution in [-0.4, -0.2) is 101 Å². The Morgan fingerprint density at radius 3 is 1.95 bits per heavy atom. The Bertz CT molecular complexity index is 1920. The quantitative estimate of drug-likeness (QED) is 0.0776. The fourth-order valence-corrected chi connectivity index (χ4v) is 6.24. The number of ether oxygens (including phenoxy) is 1. The van der Waals surface area contributed by atoms with Crippen LogP contribution in [0.5, 0.6) is 5.75 Å². The number of aromatic nitrogens is 2. The SMILES string of the molecule is CCCCCCCOc1ccc(-c2cnc(-c3ccc(C[C@H](NC(=O)c4ccc(C(C)(C)C)cc4)C(=O)N[C@@H](CC(=O)O)C(=O)N(C)CCN(C)C)cc3)nc2)cc1. The number of benzene rings is 3. The first-order chi connectivity index (χ1) is 27.6. The van der Waals surface area contributed by atoms with Crippen LogP contribution in [0.2, 0.25) is 0 Å². The molecule has 0 saturated carbocycles. The Morgan fingerprint density at radius 1 is 0.741 bits per heavy atom. The first kappa shape index (κ1) is 45.1. The van der Waals surface area contributed by atoms with Crippen LogP contribution in [0, 0.1) is 0 Å². The predicted octanol–water partition coefficient (Wildman–Crippen LogP) is 6.78. The molecule has 1 aromatic heterocycles.